The van der Waals surface area contributed by atoms with Gasteiger partial charge in [-0.05, 0) is 124 Å². The van der Waals surface area contributed by atoms with Crippen molar-refractivity contribution < 1.29 is 0 Å². The van der Waals surface area contributed by atoms with Crippen molar-refractivity contribution in [3.63, 3.8) is 0 Å². The van der Waals surface area contributed by atoms with Crippen LogP contribution in [0.4, 0.5) is 0 Å². The smallest absolute Gasteiger partial charge is 0.00667 e. The summed E-state index contributed by atoms with van der Waals surface area (Å²) in [6.45, 7) is 8.59. The molecule has 0 saturated carbocycles. The quantitative estimate of drug-likeness (QED) is 0.170. The van der Waals surface area contributed by atoms with Crippen LogP contribution < -0.4 is 0 Å². The van der Waals surface area contributed by atoms with Crippen LogP contribution in [0.5, 0.6) is 0 Å². The lowest BCUT2D eigenvalue weighted by Crippen LogP contribution is -1.97. The summed E-state index contributed by atoms with van der Waals surface area (Å²) < 4.78 is 0. The van der Waals surface area contributed by atoms with E-state index in [1.807, 2.05) is 13.8 Å². The molecule has 0 unspecified atom stereocenters. The Kier molecular flexibility index (Phi) is 7.94. The highest BCUT2D eigenvalue weighted by Crippen LogP contribution is 2.43. The summed E-state index contributed by atoms with van der Waals surface area (Å²) in [5, 5.41) is 13.1. The highest BCUT2D eigenvalue weighted by molar-refractivity contribution is 6.25. The molecule has 0 heterocycles. The Bertz CT molecular complexity index is 2640. The first kappa shape index (κ1) is 30.6. The zero-order valence-corrected chi connectivity index (χ0v) is 28.7. The molecule has 9 aromatic carbocycles. The number of hydrogen-bond donors (Lipinski definition) is 0. The third-order valence-electron chi connectivity index (χ3n) is 10.2. The molecule has 0 N–H and O–H groups in total. The van der Waals surface area contributed by atoms with Gasteiger partial charge < -0.3 is 0 Å². The SMILES string of the molecule is CC.CCc1c(-c2cccc(-c3ccc4c5ccccc5c5ccccc5c4c3)c2)cccc1-c1c(C)c2ccccc2c2ccccc12. The predicted molar refractivity (Wildman–Crippen MR) is 216 cm³/mol. The first-order chi connectivity index (χ1) is 24.2. The average Bonchev–Trinajstić information content (AvgIpc) is 3.18. The summed E-state index contributed by atoms with van der Waals surface area (Å²) in [6, 6.07) is 58.4. The van der Waals surface area contributed by atoms with E-state index in [0.717, 1.165) is 6.42 Å². The van der Waals surface area contributed by atoms with Gasteiger partial charge in [0.15, 0.2) is 0 Å². The number of aryl methyl sites for hydroxylation is 1. The van der Waals surface area contributed by atoms with Crippen LogP contribution in [0, 0.1) is 6.92 Å². The van der Waals surface area contributed by atoms with Crippen LogP contribution in [0.2, 0.25) is 0 Å². The van der Waals surface area contributed by atoms with Crippen LogP contribution in [0.3, 0.4) is 0 Å². The molecule has 0 nitrogen and oxygen atoms in total. The number of fused-ring (bicyclic) bond motifs is 9. The summed E-state index contributed by atoms with van der Waals surface area (Å²) in [4.78, 5) is 0. The summed E-state index contributed by atoms with van der Waals surface area (Å²) in [7, 11) is 0. The first-order valence-electron chi connectivity index (χ1n) is 17.7. The van der Waals surface area contributed by atoms with Gasteiger partial charge in [-0.15, -0.1) is 0 Å². The van der Waals surface area contributed by atoms with Crippen molar-refractivity contribution in [3.8, 4) is 33.4 Å². The molecule has 0 fully saturated rings. The molecular weight excluding hydrogens is 589 g/mol. The zero-order chi connectivity index (χ0) is 33.5. The average molecular weight is 629 g/mol. The van der Waals surface area contributed by atoms with Crippen molar-refractivity contribution in [2.24, 2.45) is 0 Å². The van der Waals surface area contributed by atoms with Crippen LogP contribution in [-0.4, -0.2) is 0 Å². The van der Waals surface area contributed by atoms with Crippen LogP contribution in [0.1, 0.15) is 31.9 Å². The first-order valence-corrected chi connectivity index (χ1v) is 17.7. The van der Waals surface area contributed by atoms with Gasteiger partial charge >= 0.3 is 0 Å². The van der Waals surface area contributed by atoms with Crippen molar-refractivity contribution in [3.05, 3.63) is 169 Å². The second-order valence-corrected chi connectivity index (χ2v) is 12.7. The molecule has 0 aliphatic rings. The van der Waals surface area contributed by atoms with Crippen LogP contribution in [-0.2, 0) is 6.42 Å². The predicted octanol–water partition coefficient (Wildman–Crippen LogP) is 14.4. The molecule has 0 aliphatic heterocycles. The van der Waals surface area contributed by atoms with Gasteiger partial charge in [0.2, 0.25) is 0 Å². The Morgan fingerprint density at radius 2 is 0.776 bits per heavy atom. The maximum absolute atomic E-state index is 2.39. The van der Waals surface area contributed by atoms with Gasteiger partial charge in [-0.25, -0.2) is 0 Å². The van der Waals surface area contributed by atoms with E-state index >= 15 is 0 Å². The molecule has 9 aromatic rings. The van der Waals surface area contributed by atoms with Crippen LogP contribution in [0.25, 0.3) is 87.2 Å². The fourth-order valence-corrected chi connectivity index (χ4v) is 8.09. The monoisotopic (exact) mass is 628 g/mol. The Balaban J connectivity index is 0.00000171. The van der Waals surface area contributed by atoms with Crippen molar-refractivity contribution in [2.75, 3.05) is 0 Å². The second-order valence-electron chi connectivity index (χ2n) is 12.7. The topological polar surface area (TPSA) is 0 Å². The molecule has 236 valence electrons. The van der Waals surface area contributed by atoms with Gasteiger partial charge in [0.1, 0.15) is 0 Å². The van der Waals surface area contributed by atoms with E-state index in [0.29, 0.717) is 0 Å². The molecule has 49 heavy (non-hydrogen) atoms. The minimum atomic E-state index is 0.950. The minimum absolute atomic E-state index is 0.950. The number of rotatable bonds is 4. The molecule has 0 radical (unpaired) electrons. The fraction of sp³-hybridized carbons (Fsp3) is 0.102. The molecule has 0 bridgehead atoms. The highest BCUT2D eigenvalue weighted by Gasteiger charge is 2.18. The van der Waals surface area contributed by atoms with E-state index in [4.69, 9.17) is 0 Å². The van der Waals surface area contributed by atoms with Crippen molar-refractivity contribution in [1.29, 1.82) is 0 Å². The van der Waals surface area contributed by atoms with Gasteiger partial charge in [-0.3, -0.25) is 0 Å². The maximum atomic E-state index is 2.39. The molecule has 0 atom stereocenters. The van der Waals surface area contributed by atoms with Gasteiger partial charge in [0.25, 0.3) is 0 Å². The van der Waals surface area contributed by atoms with Crippen molar-refractivity contribution in [1.82, 2.24) is 0 Å². The second kappa shape index (κ2) is 12.7. The lowest BCUT2D eigenvalue weighted by atomic mass is 9.84. The maximum Gasteiger partial charge on any atom is -0.00667 e. The minimum Gasteiger partial charge on any atom is -0.0683 e. The fourth-order valence-electron chi connectivity index (χ4n) is 8.09. The standard InChI is InChI=1S/C47H34.C2H6/c1-3-34-36(24-13-25-44(34)47-30(2)35-16-4-5-17-37(35)41-21-10-11-23-45(41)47)33-15-12-14-31(28-33)32-26-27-43-40-20-7-6-18-38(40)39-19-8-9-22-42(39)46(43)29-32;1-2/h4-29H,3H2,1-2H3;1-2H3. The molecule has 0 aromatic heterocycles. The zero-order valence-electron chi connectivity index (χ0n) is 28.7. The van der Waals surface area contributed by atoms with Crippen molar-refractivity contribution >= 4 is 53.9 Å². The van der Waals surface area contributed by atoms with Gasteiger partial charge in [-0.2, -0.15) is 0 Å². The lowest BCUT2D eigenvalue weighted by molar-refractivity contribution is 1.14. The van der Waals surface area contributed by atoms with E-state index in [2.05, 4.69) is 172 Å². The molecule has 0 saturated heterocycles. The summed E-state index contributed by atoms with van der Waals surface area (Å²) in [6.07, 6.45) is 0.950. The number of benzene rings is 9. The molecule has 0 spiro atoms. The summed E-state index contributed by atoms with van der Waals surface area (Å²) >= 11 is 0. The van der Waals surface area contributed by atoms with E-state index in [1.54, 1.807) is 0 Å². The summed E-state index contributed by atoms with van der Waals surface area (Å²) in [5.41, 5.74) is 10.5. The number of hydrogen-bond acceptors (Lipinski definition) is 0. The van der Waals surface area contributed by atoms with Crippen molar-refractivity contribution in [2.45, 2.75) is 34.1 Å². The Hall–Kier alpha value is -5.72. The van der Waals surface area contributed by atoms with Crippen LogP contribution >= 0.6 is 0 Å². The van der Waals surface area contributed by atoms with E-state index in [1.165, 1.54) is 98.4 Å². The Labute approximate surface area is 289 Å². The third-order valence-corrected chi connectivity index (χ3v) is 10.2. The largest absolute Gasteiger partial charge is 0.0683 e. The highest BCUT2D eigenvalue weighted by atomic mass is 14.2. The molecule has 0 amide bonds. The van der Waals surface area contributed by atoms with Gasteiger partial charge in [0.05, 0.1) is 0 Å². The Morgan fingerprint density at radius 1 is 0.347 bits per heavy atom. The third kappa shape index (κ3) is 4.99. The van der Waals surface area contributed by atoms with E-state index in [-0.39, 0.29) is 0 Å². The summed E-state index contributed by atoms with van der Waals surface area (Å²) in [5.74, 6) is 0. The normalized spacial score (nSPS) is 11.3. The van der Waals surface area contributed by atoms with Gasteiger partial charge in [-0.1, -0.05) is 166 Å². The molecule has 0 aliphatic carbocycles. The van der Waals surface area contributed by atoms with Crippen LogP contribution in [0.15, 0.2) is 158 Å². The van der Waals surface area contributed by atoms with E-state index in [9.17, 15) is 0 Å². The van der Waals surface area contributed by atoms with Gasteiger partial charge in [0, 0.05) is 0 Å². The molecule has 0 heteroatoms. The molecular formula is C49H40. The molecule has 9 rings (SSSR count). The van der Waals surface area contributed by atoms with E-state index < -0.39 is 0 Å². The Morgan fingerprint density at radius 3 is 1.39 bits per heavy atom. The lowest BCUT2D eigenvalue weighted by Gasteiger charge is -2.20.